The van der Waals surface area contributed by atoms with Gasteiger partial charge in [-0.2, -0.15) is 8.70 Å². The normalized spacial score (nSPS) is 14.6. The number of hydrogen-bond acceptors (Lipinski definition) is 8. The Morgan fingerprint density at radius 3 is 2.56 bits per heavy atom. The molecular weight excluding hydrogens is 447 g/mol. The van der Waals surface area contributed by atoms with E-state index in [1.807, 2.05) is 0 Å². The van der Waals surface area contributed by atoms with E-state index in [1.54, 1.807) is 0 Å². The first kappa shape index (κ1) is 23.4. The summed E-state index contributed by atoms with van der Waals surface area (Å²) in [5.41, 5.74) is -0.323. The predicted octanol–water partition coefficient (Wildman–Crippen LogP) is 1.81. The Bertz CT molecular complexity index is 1120. The van der Waals surface area contributed by atoms with Crippen LogP contribution in [0.25, 0.3) is 0 Å². The molecule has 13 heteroatoms. The number of carbonyl (C=O) groups is 1. The van der Waals surface area contributed by atoms with Crippen molar-refractivity contribution in [3.05, 3.63) is 52.3 Å². The van der Waals surface area contributed by atoms with Crippen LogP contribution in [-0.4, -0.2) is 63.5 Å². The second kappa shape index (κ2) is 9.89. The van der Waals surface area contributed by atoms with Gasteiger partial charge in [0, 0.05) is 30.5 Å². The van der Waals surface area contributed by atoms with Gasteiger partial charge in [0.1, 0.15) is 10.6 Å². The van der Waals surface area contributed by atoms with E-state index >= 15 is 0 Å². The number of rotatable bonds is 8. The maximum Gasteiger partial charge on any atom is 0.306 e. The van der Waals surface area contributed by atoms with Crippen LogP contribution < -0.4 is 15.4 Å². The summed E-state index contributed by atoms with van der Waals surface area (Å²) in [7, 11) is -2.53. The molecule has 172 valence electrons. The number of anilines is 2. The lowest BCUT2D eigenvalue weighted by Crippen LogP contribution is -2.40. The van der Waals surface area contributed by atoms with Crippen molar-refractivity contribution in [2.24, 2.45) is 0 Å². The number of nitrogens with one attached hydrogen (secondary N) is 2. The zero-order valence-corrected chi connectivity index (χ0v) is 17.9. The minimum absolute atomic E-state index is 0.0955. The number of halogens is 1. The van der Waals surface area contributed by atoms with Crippen LogP contribution in [0.4, 0.5) is 21.5 Å². The number of methoxy groups -OCH3 is 1. The van der Waals surface area contributed by atoms with Crippen LogP contribution in [0.3, 0.4) is 0 Å². The molecule has 1 aliphatic heterocycles. The zero-order valence-electron chi connectivity index (χ0n) is 17.0. The van der Waals surface area contributed by atoms with E-state index in [1.165, 1.54) is 35.7 Å². The lowest BCUT2D eigenvalue weighted by Gasteiger charge is -2.26. The zero-order chi connectivity index (χ0) is 23.3. The fourth-order valence-electron chi connectivity index (χ4n) is 3.03. The highest BCUT2D eigenvalue weighted by Gasteiger charge is 2.29. The lowest BCUT2D eigenvalue weighted by molar-refractivity contribution is -0.387. The maximum absolute atomic E-state index is 13.4. The highest BCUT2D eigenvalue weighted by Crippen LogP contribution is 2.30. The molecule has 1 amide bonds. The summed E-state index contributed by atoms with van der Waals surface area (Å²) < 4.78 is 51.1. The number of carbonyl (C=O) groups excluding carboxylic acids is 1. The highest BCUT2D eigenvalue weighted by atomic mass is 32.2. The van der Waals surface area contributed by atoms with Crippen molar-refractivity contribution in [2.75, 3.05) is 50.6 Å². The molecule has 0 atom stereocenters. The Kier molecular flexibility index (Phi) is 7.22. The van der Waals surface area contributed by atoms with Gasteiger partial charge in [0.25, 0.3) is 0 Å². The number of amides is 1. The van der Waals surface area contributed by atoms with Gasteiger partial charge in [0.15, 0.2) is 0 Å². The van der Waals surface area contributed by atoms with Crippen molar-refractivity contribution in [2.45, 2.75) is 4.90 Å². The fourth-order valence-corrected chi connectivity index (χ4v) is 4.62. The van der Waals surface area contributed by atoms with Gasteiger partial charge in [-0.15, -0.1) is 0 Å². The van der Waals surface area contributed by atoms with Crippen LogP contribution in [-0.2, 0) is 19.6 Å². The number of nitro benzene ring substituents is 1. The number of benzene rings is 2. The number of morpholine rings is 1. The molecule has 1 aliphatic rings. The van der Waals surface area contributed by atoms with Crippen molar-refractivity contribution >= 4 is 33.0 Å². The summed E-state index contributed by atoms with van der Waals surface area (Å²) in [5, 5.41) is 16.0. The third kappa shape index (κ3) is 5.30. The maximum atomic E-state index is 13.4. The number of hydrogen-bond donors (Lipinski definition) is 2. The van der Waals surface area contributed by atoms with E-state index in [-0.39, 0.29) is 54.9 Å². The second-order valence-electron chi connectivity index (χ2n) is 6.71. The highest BCUT2D eigenvalue weighted by molar-refractivity contribution is 7.89. The molecule has 2 N–H and O–H groups in total. The first-order valence-corrected chi connectivity index (χ1v) is 10.9. The van der Waals surface area contributed by atoms with Crippen molar-refractivity contribution in [1.29, 1.82) is 0 Å². The molecule has 11 nitrogen and oxygen atoms in total. The molecule has 0 radical (unpaired) electrons. The summed E-state index contributed by atoms with van der Waals surface area (Å²) in [5.74, 6) is -1.40. The van der Waals surface area contributed by atoms with E-state index in [0.717, 1.165) is 12.1 Å². The van der Waals surface area contributed by atoms with Gasteiger partial charge < -0.3 is 20.1 Å². The largest absolute Gasteiger partial charge is 0.495 e. The van der Waals surface area contributed by atoms with Crippen LogP contribution in [0.2, 0.25) is 0 Å². The molecule has 0 spiro atoms. The summed E-state index contributed by atoms with van der Waals surface area (Å²) in [6.07, 6.45) is 0. The average molecular weight is 468 g/mol. The molecule has 3 rings (SSSR count). The van der Waals surface area contributed by atoms with Crippen molar-refractivity contribution < 1.29 is 32.0 Å². The molecule has 1 heterocycles. The van der Waals surface area contributed by atoms with E-state index < -0.39 is 32.4 Å². The smallest absolute Gasteiger partial charge is 0.306 e. The van der Waals surface area contributed by atoms with Crippen LogP contribution >= 0.6 is 0 Å². The number of nitro groups is 1. The fraction of sp³-hybridized carbons (Fsp3) is 0.316. The molecule has 0 saturated carbocycles. The van der Waals surface area contributed by atoms with E-state index in [9.17, 15) is 27.7 Å². The van der Waals surface area contributed by atoms with Crippen LogP contribution in [0.15, 0.2) is 41.3 Å². The SMILES string of the molecule is COc1ccc(NC(=O)CNc2ccc(F)c([N+](=O)[O-])c2)cc1S(=O)(=O)N1CCOCC1. The molecule has 0 aromatic heterocycles. The molecule has 0 bridgehead atoms. The van der Waals surface area contributed by atoms with Gasteiger partial charge in [-0.3, -0.25) is 14.9 Å². The molecule has 32 heavy (non-hydrogen) atoms. The minimum Gasteiger partial charge on any atom is -0.495 e. The van der Waals surface area contributed by atoms with Gasteiger partial charge in [-0.1, -0.05) is 0 Å². The summed E-state index contributed by atoms with van der Waals surface area (Å²) >= 11 is 0. The first-order chi connectivity index (χ1) is 15.2. The standard InChI is InChI=1S/C19H21FN4O7S/c1-30-17-5-3-14(11-18(17)32(28,29)23-6-8-31-9-7-23)22-19(25)12-21-13-2-4-15(20)16(10-13)24(26)27/h2-5,10-11,21H,6-9,12H2,1H3,(H,22,25). The molecule has 1 fully saturated rings. The number of nitrogens with zero attached hydrogens (tertiary/aromatic N) is 2. The molecule has 0 unspecified atom stereocenters. The van der Waals surface area contributed by atoms with E-state index in [2.05, 4.69) is 10.6 Å². The molecule has 2 aromatic carbocycles. The van der Waals surface area contributed by atoms with Crippen LogP contribution in [0.5, 0.6) is 5.75 Å². The topological polar surface area (TPSA) is 140 Å². The Morgan fingerprint density at radius 1 is 1.22 bits per heavy atom. The number of sulfonamides is 1. The van der Waals surface area contributed by atoms with Gasteiger partial charge in [0.2, 0.25) is 21.7 Å². The van der Waals surface area contributed by atoms with Crippen LogP contribution in [0.1, 0.15) is 0 Å². The van der Waals surface area contributed by atoms with Gasteiger partial charge in [-0.25, -0.2) is 8.42 Å². The van der Waals surface area contributed by atoms with Crippen LogP contribution in [0, 0.1) is 15.9 Å². The van der Waals surface area contributed by atoms with Gasteiger partial charge >= 0.3 is 5.69 Å². The third-order valence-corrected chi connectivity index (χ3v) is 6.55. The Labute approximate surface area is 183 Å². The number of ether oxygens (including phenoxy) is 2. The monoisotopic (exact) mass is 468 g/mol. The van der Waals surface area contributed by atoms with E-state index in [0.29, 0.717) is 0 Å². The van der Waals surface area contributed by atoms with E-state index in [4.69, 9.17) is 9.47 Å². The minimum atomic E-state index is -3.87. The lowest BCUT2D eigenvalue weighted by atomic mass is 10.2. The second-order valence-corrected chi connectivity index (χ2v) is 8.61. The third-order valence-electron chi connectivity index (χ3n) is 4.63. The summed E-state index contributed by atoms with van der Waals surface area (Å²) in [4.78, 5) is 22.2. The average Bonchev–Trinajstić information content (AvgIpc) is 2.79. The van der Waals surface area contributed by atoms with Gasteiger partial charge in [-0.05, 0) is 30.3 Å². The van der Waals surface area contributed by atoms with Crippen molar-refractivity contribution in [1.82, 2.24) is 4.31 Å². The Hall–Kier alpha value is -3.29. The van der Waals surface area contributed by atoms with Gasteiger partial charge in [0.05, 0.1) is 31.8 Å². The molecule has 0 aliphatic carbocycles. The Balaban J connectivity index is 1.72. The first-order valence-electron chi connectivity index (χ1n) is 9.46. The predicted molar refractivity (Wildman–Crippen MR) is 113 cm³/mol. The molecule has 2 aromatic rings. The van der Waals surface area contributed by atoms with Crippen molar-refractivity contribution in [3.8, 4) is 5.75 Å². The summed E-state index contributed by atoms with van der Waals surface area (Å²) in [6.45, 7) is 0.683. The Morgan fingerprint density at radius 2 is 1.91 bits per heavy atom. The quantitative estimate of drug-likeness (QED) is 0.442. The van der Waals surface area contributed by atoms with Crippen molar-refractivity contribution in [3.63, 3.8) is 0 Å². The summed E-state index contributed by atoms with van der Waals surface area (Å²) in [6, 6.07) is 7.37. The molecule has 1 saturated heterocycles. The molecular formula is C19H21FN4O7S.